The highest BCUT2D eigenvalue weighted by molar-refractivity contribution is 7.72. The van der Waals surface area contributed by atoms with Crippen LogP contribution in [0.4, 0.5) is 13.2 Å². The number of rotatable bonds is 4. The summed E-state index contributed by atoms with van der Waals surface area (Å²) >= 11 is 0. The van der Waals surface area contributed by atoms with Gasteiger partial charge in [0.2, 0.25) is 0 Å². The van der Waals surface area contributed by atoms with Gasteiger partial charge in [-0.3, -0.25) is 9.36 Å². The van der Waals surface area contributed by atoms with Crippen molar-refractivity contribution in [2.45, 2.75) is 6.18 Å². The molecule has 0 spiro atoms. The van der Waals surface area contributed by atoms with Crippen LogP contribution in [0.25, 0.3) is 0 Å². The van der Waals surface area contributed by atoms with Crippen molar-refractivity contribution in [3.05, 3.63) is 35.4 Å². The molecule has 0 radical (unpaired) electrons. The van der Waals surface area contributed by atoms with E-state index in [-0.39, 0.29) is 5.56 Å². The molecule has 1 aromatic carbocycles. The zero-order chi connectivity index (χ0) is 14.0. The first-order chi connectivity index (χ1) is 8.24. The first kappa shape index (κ1) is 14.9. The summed E-state index contributed by atoms with van der Waals surface area (Å²) < 4.78 is 57.5. The van der Waals surface area contributed by atoms with Crippen molar-refractivity contribution in [2.75, 3.05) is 14.2 Å². The predicted octanol–water partition coefficient (Wildman–Crippen LogP) is 3.33. The van der Waals surface area contributed by atoms with Crippen molar-refractivity contribution >= 4 is 13.1 Å². The van der Waals surface area contributed by atoms with Crippen LogP contribution in [0.1, 0.15) is 15.9 Å². The van der Waals surface area contributed by atoms with Gasteiger partial charge < -0.3 is 9.05 Å². The lowest BCUT2D eigenvalue weighted by atomic mass is 10.1. The molecule has 0 bridgehead atoms. The molecule has 18 heavy (non-hydrogen) atoms. The molecule has 0 fully saturated rings. The molecule has 0 saturated heterocycles. The average molecular weight is 282 g/mol. The molecule has 0 aliphatic rings. The van der Waals surface area contributed by atoms with Crippen molar-refractivity contribution in [3.8, 4) is 0 Å². The largest absolute Gasteiger partial charge is 0.416 e. The molecule has 0 aromatic heterocycles. The third-order valence-electron chi connectivity index (χ3n) is 2.19. The Morgan fingerprint density at radius 1 is 1.11 bits per heavy atom. The lowest BCUT2D eigenvalue weighted by Crippen LogP contribution is -2.07. The first-order valence-electron chi connectivity index (χ1n) is 4.68. The number of carbonyl (C=O) groups excluding carboxylic acids is 1. The van der Waals surface area contributed by atoms with Crippen molar-refractivity contribution in [2.24, 2.45) is 0 Å². The van der Waals surface area contributed by atoms with Crippen LogP contribution >= 0.6 is 7.60 Å². The number of hydrogen-bond donors (Lipinski definition) is 0. The molecule has 0 N–H and O–H groups in total. The van der Waals surface area contributed by atoms with Gasteiger partial charge in [0.1, 0.15) is 0 Å². The fourth-order valence-electron chi connectivity index (χ4n) is 1.20. The van der Waals surface area contributed by atoms with E-state index in [1.807, 2.05) is 0 Å². The standard InChI is InChI=1S/C10H10F3O4P/c1-16-18(15,17-2)9(14)7-3-5-8(6-4-7)10(11,12)13/h3-6H,1-2H3. The monoisotopic (exact) mass is 282 g/mol. The van der Waals surface area contributed by atoms with Gasteiger partial charge in [0, 0.05) is 19.8 Å². The Hall–Kier alpha value is -1.17. The second kappa shape index (κ2) is 5.22. The third kappa shape index (κ3) is 2.98. The van der Waals surface area contributed by atoms with Crippen LogP contribution in [0.5, 0.6) is 0 Å². The van der Waals surface area contributed by atoms with Crippen molar-refractivity contribution < 1.29 is 31.6 Å². The quantitative estimate of drug-likeness (QED) is 0.795. The number of carbonyl (C=O) groups is 1. The lowest BCUT2D eigenvalue weighted by molar-refractivity contribution is -0.137. The van der Waals surface area contributed by atoms with E-state index in [0.717, 1.165) is 38.5 Å². The Kier molecular flexibility index (Phi) is 4.32. The highest BCUT2D eigenvalue weighted by Gasteiger charge is 2.35. The molecule has 8 heteroatoms. The van der Waals surface area contributed by atoms with E-state index < -0.39 is 24.9 Å². The van der Waals surface area contributed by atoms with Crippen molar-refractivity contribution in [3.63, 3.8) is 0 Å². The highest BCUT2D eigenvalue weighted by Crippen LogP contribution is 2.49. The average Bonchev–Trinajstić information content (AvgIpc) is 2.36. The summed E-state index contributed by atoms with van der Waals surface area (Å²) in [4.78, 5) is 11.7. The van der Waals surface area contributed by atoms with E-state index in [1.165, 1.54) is 0 Å². The van der Waals surface area contributed by atoms with Gasteiger partial charge in [0.05, 0.1) is 5.56 Å². The molecule has 0 amide bonds. The molecule has 1 aromatic rings. The summed E-state index contributed by atoms with van der Waals surface area (Å²) in [6, 6.07) is 3.30. The molecule has 100 valence electrons. The molecule has 0 aliphatic heterocycles. The fraction of sp³-hybridized carbons (Fsp3) is 0.300. The molecule has 0 saturated carbocycles. The van der Waals surface area contributed by atoms with E-state index in [4.69, 9.17) is 0 Å². The van der Waals surface area contributed by atoms with Crippen LogP contribution in [0.2, 0.25) is 0 Å². The number of alkyl halides is 3. The number of halogens is 3. The second-order valence-corrected chi connectivity index (χ2v) is 5.37. The molecular weight excluding hydrogens is 272 g/mol. The normalized spacial score (nSPS) is 12.5. The maximum absolute atomic E-state index is 12.3. The molecular formula is C10H10F3O4P. The summed E-state index contributed by atoms with van der Waals surface area (Å²) in [6.07, 6.45) is -4.49. The Bertz CT molecular complexity index is 473. The van der Waals surface area contributed by atoms with Crippen LogP contribution < -0.4 is 0 Å². The minimum atomic E-state index is -4.49. The zero-order valence-corrected chi connectivity index (χ0v) is 10.4. The van der Waals surface area contributed by atoms with Gasteiger partial charge in [-0.05, 0) is 12.1 Å². The van der Waals surface area contributed by atoms with Crippen LogP contribution in [-0.2, 0) is 19.8 Å². The maximum Gasteiger partial charge on any atom is 0.416 e. The zero-order valence-electron chi connectivity index (χ0n) is 9.52. The van der Waals surface area contributed by atoms with Crippen LogP contribution in [0, 0.1) is 0 Å². The molecule has 0 atom stereocenters. The van der Waals surface area contributed by atoms with Gasteiger partial charge >= 0.3 is 13.8 Å². The van der Waals surface area contributed by atoms with E-state index in [1.54, 1.807) is 0 Å². The second-order valence-electron chi connectivity index (χ2n) is 3.24. The van der Waals surface area contributed by atoms with E-state index in [2.05, 4.69) is 9.05 Å². The van der Waals surface area contributed by atoms with Gasteiger partial charge in [-0.2, -0.15) is 13.2 Å². The minimum absolute atomic E-state index is 0.171. The van der Waals surface area contributed by atoms with Crippen LogP contribution in [0.3, 0.4) is 0 Å². The summed E-state index contributed by atoms with van der Waals surface area (Å²) in [5.41, 5.74) is -2.06. The molecule has 1 rings (SSSR count). The van der Waals surface area contributed by atoms with Gasteiger partial charge in [0.15, 0.2) is 0 Å². The van der Waals surface area contributed by atoms with Gasteiger partial charge in [-0.25, -0.2) is 0 Å². The van der Waals surface area contributed by atoms with Gasteiger partial charge in [0.25, 0.3) is 5.52 Å². The predicted molar refractivity (Wildman–Crippen MR) is 57.4 cm³/mol. The van der Waals surface area contributed by atoms with Gasteiger partial charge in [-0.1, -0.05) is 12.1 Å². The Labute approximate surface area is 101 Å². The topological polar surface area (TPSA) is 52.6 Å². The van der Waals surface area contributed by atoms with E-state index in [0.29, 0.717) is 0 Å². The summed E-state index contributed by atoms with van der Waals surface area (Å²) in [6.45, 7) is 0. The molecule has 0 unspecified atom stereocenters. The van der Waals surface area contributed by atoms with Crippen LogP contribution in [-0.4, -0.2) is 19.7 Å². The van der Waals surface area contributed by atoms with E-state index in [9.17, 15) is 22.5 Å². The van der Waals surface area contributed by atoms with Gasteiger partial charge in [-0.15, -0.1) is 0 Å². The first-order valence-corrected chi connectivity index (χ1v) is 6.22. The summed E-state index contributed by atoms with van der Waals surface area (Å²) in [5, 5.41) is 0. The fourth-order valence-corrected chi connectivity index (χ4v) is 2.15. The smallest absolute Gasteiger partial charge is 0.306 e. The summed E-state index contributed by atoms with van der Waals surface area (Å²) in [5.74, 6) is 0. The lowest BCUT2D eigenvalue weighted by Gasteiger charge is -2.12. The Balaban J connectivity index is 3.07. The minimum Gasteiger partial charge on any atom is -0.306 e. The molecule has 4 nitrogen and oxygen atoms in total. The van der Waals surface area contributed by atoms with E-state index >= 15 is 0 Å². The Morgan fingerprint density at radius 2 is 1.56 bits per heavy atom. The summed E-state index contributed by atoms with van der Waals surface area (Å²) in [7, 11) is -1.93. The highest BCUT2D eigenvalue weighted by atomic mass is 31.2. The Morgan fingerprint density at radius 3 is 1.89 bits per heavy atom. The molecule has 0 heterocycles. The molecule has 0 aliphatic carbocycles. The van der Waals surface area contributed by atoms with Crippen molar-refractivity contribution in [1.29, 1.82) is 0 Å². The number of hydrogen-bond acceptors (Lipinski definition) is 4. The van der Waals surface area contributed by atoms with Crippen LogP contribution in [0.15, 0.2) is 24.3 Å². The number of benzene rings is 1. The third-order valence-corrected chi connectivity index (χ3v) is 3.91. The SMILES string of the molecule is COP(=O)(OC)C(=O)c1ccc(C(F)(F)F)cc1. The maximum atomic E-state index is 12.3. The van der Waals surface area contributed by atoms with Crippen molar-refractivity contribution in [1.82, 2.24) is 0 Å².